The van der Waals surface area contributed by atoms with Gasteiger partial charge in [-0.1, -0.05) is 12.1 Å². The van der Waals surface area contributed by atoms with Crippen LogP contribution in [-0.4, -0.2) is 75.0 Å². The summed E-state index contributed by atoms with van der Waals surface area (Å²) in [7, 11) is -3.24. The molecule has 4 heterocycles. The average Bonchev–Trinajstić information content (AvgIpc) is 3.47. The summed E-state index contributed by atoms with van der Waals surface area (Å²) in [5.41, 5.74) is 2.77. The summed E-state index contributed by atoms with van der Waals surface area (Å²) in [6, 6.07) is 7.01. The van der Waals surface area contributed by atoms with Crippen molar-refractivity contribution in [2.75, 3.05) is 55.5 Å². The van der Waals surface area contributed by atoms with Gasteiger partial charge in [-0.15, -0.1) is 11.3 Å². The molecule has 12 heteroatoms. The van der Waals surface area contributed by atoms with E-state index in [0.717, 1.165) is 53.8 Å². The molecule has 2 aliphatic heterocycles. The highest BCUT2D eigenvalue weighted by atomic mass is 32.2. The number of carbonyl (C=O) groups excluding carboxylic acids is 1. The van der Waals surface area contributed by atoms with Crippen molar-refractivity contribution in [1.82, 2.24) is 15.0 Å². The van der Waals surface area contributed by atoms with Gasteiger partial charge in [0.15, 0.2) is 9.84 Å². The van der Waals surface area contributed by atoms with E-state index in [1.165, 1.54) is 17.6 Å². The molecule has 10 nitrogen and oxygen atoms in total. The van der Waals surface area contributed by atoms with Gasteiger partial charge in [-0.3, -0.25) is 0 Å². The normalized spacial score (nSPS) is 15.6. The maximum atomic E-state index is 12.3. The number of benzene rings is 1. The van der Waals surface area contributed by atoms with Gasteiger partial charge < -0.3 is 19.3 Å². The van der Waals surface area contributed by atoms with Gasteiger partial charge in [-0.2, -0.15) is 0 Å². The number of thiazole rings is 1. The van der Waals surface area contributed by atoms with E-state index in [0.29, 0.717) is 54.1 Å². The molecular weight excluding hydrogens is 526 g/mol. The monoisotopic (exact) mass is 557 g/mol. The van der Waals surface area contributed by atoms with Crippen LogP contribution in [0, 0.1) is 6.92 Å². The van der Waals surface area contributed by atoms with Gasteiger partial charge in [0.25, 0.3) is 0 Å². The van der Waals surface area contributed by atoms with Crippen LogP contribution in [0.5, 0.6) is 0 Å². The van der Waals surface area contributed by atoms with Crippen molar-refractivity contribution in [2.45, 2.75) is 38.1 Å². The summed E-state index contributed by atoms with van der Waals surface area (Å²) in [4.78, 5) is 32.1. The van der Waals surface area contributed by atoms with Gasteiger partial charge in [0.2, 0.25) is 0 Å². The summed E-state index contributed by atoms with van der Waals surface area (Å²) in [6.07, 6.45) is 2.45. The maximum Gasteiger partial charge on any atom is 0.350 e. The number of rotatable bonds is 8. The molecular formula is C26H31N5O5S2. The third-order valence-corrected chi connectivity index (χ3v) is 8.85. The van der Waals surface area contributed by atoms with Crippen LogP contribution in [0.4, 0.5) is 11.6 Å². The van der Waals surface area contributed by atoms with Gasteiger partial charge in [-0.05, 0) is 38.0 Å². The fourth-order valence-corrected chi connectivity index (χ4v) is 6.31. The van der Waals surface area contributed by atoms with Gasteiger partial charge in [0.05, 0.1) is 36.8 Å². The van der Waals surface area contributed by atoms with Crippen molar-refractivity contribution in [1.29, 1.82) is 0 Å². The minimum atomic E-state index is -3.24. The molecule has 0 aliphatic carbocycles. The van der Waals surface area contributed by atoms with E-state index >= 15 is 0 Å². The molecule has 1 fully saturated rings. The molecule has 1 saturated heterocycles. The molecule has 5 rings (SSSR count). The predicted octanol–water partition coefficient (Wildman–Crippen LogP) is 2.81. The molecule has 0 spiro atoms. The van der Waals surface area contributed by atoms with Crippen molar-refractivity contribution in [2.24, 2.45) is 0 Å². The second-order valence-corrected chi connectivity index (χ2v) is 12.5. The Balaban J connectivity index is 1.45. The number of sulfone groups is 1. The van der Waals surface area contributed by atoms with Crippen molar-refractivity contribution < 1.29 is 22.7 Å². The van der Waals surface area contributed by atoms with Crippen molar-refractivity contribution in [3.63, 3.8) is 0 Å². The lowest BCUT2D eigenvalue weighted by atomic mass is 10.2. The SMILES string of the molecule is CCOC(=O)c1sc(Cc2nc(N3CCOCC3)c3c(n2)N(Cc2ccc(S(C)(=O)=O)cc2)CC3)nc1C. The van der Waals surface area contributed by atoms with Crippen molar-refractivity contribution in [3.05, 3.63) is 56.8 Å². The number of morpholine rings is 1. The topological polar surface area (TPSA) is 115 Å². The summed E-state index contributed by atoms with van der Waals surface area (Å²) < 4.78 is 34.4. The number of nitrogens with zero attached hydrogens (tertiary/aromatic N) is 5. The van der Waals surface area contributed by atoms with E-state index in [2.05, 4.69) is 14.8 Å². The molecule has 1 aromatic carbocycles. The predicted molar refractivity (Wildman–Crippen MR) is 145 cm³/mol. The van der Waals surface area contributed by atoms with Gasteiger partial charge in [0, 0.05) is 38.0 Å². The number of aromatic nitrogens is 3. The Hall–Kier alpha value is -3.09. The Morgan fingerprint density at radius 3 is 2.47 bits per heavy atom. The van der Waals surface area contributed by atoms with E-state index in [-0.39, 0.29) is 5.97 Å². The minimum Gasteiger partial charge on any atom is -0.462 e. The quantitative estimate of drug-likeness (QED) is 0.383. The van der Waals surface area contributed by atoms with Crippen LogP contribution in [-0.2, 0) is 38.7 Å². The standard InChI is InChI=1S/C26H31N5O5S2/c1-4-36-26(32)23-17(2)27-22(37-23)15-21-28-24(30-11-13-35-14-12-30)20-9-10-31(25(20)29-21)16-18-5-7-19(8-6-18)38(3,33)34/h5-8H,4,9-16H2,1-3H3. The van der Waals surface area contributed by atoms with Crippen LogP contribution >= 0.6 is 11.3 Å². The second kappa shape index (κ2) is 11.0. The highest BCUT2D eigenvalue weighted by Gasteiger charge is 2.29. The average molecular weight is 558 g/mol. The minimum absolute atomic E-state index is 0.309. The lowest BCUT2D eigenvalue weighted by Crippen LogP contribution is -2.37. The van der Waals surface area contributed by atoms with Crippen LogP contribution in [0.25, 0.3) is 0 Å². The van der Waals surface area contributed by atoms with Crippen LogP contribution in [0.3, 0.4) is 0 Å². The molecule has 0 saturated carbocycles. The summed E-state index contributed by atoms with van der Waals surface area (Å²) >= 11 is 1.32. The molecule has 0 unspecified atom stereocenters. The first-order chi connectivity index (χ1) is 18.2. The molecule has 0 amide bonds. The highest BCUT2D eigenvalue weighted by Crippen LogP contribution is 2.35. The first-order valence-corrected chi connectivity index (χ1v) is 15.3. The van der Waals surface area contributed by atoms with E-state index in [1.54, 1.807) is 19.1 Å². The molecule has 38 heavy (non-hydrogen) atoms. The molecule has 0 N–H and O–H groups in total. The number of hydrogen-bond donors (Lipinski definition) is 0. The molecule has 0 bridgehead atoms. The largest absolute Gasteiger partial charge is 0.462 e. The number of anilines is 2. The van der Waals surface area contributed by atoms with E-state index in [1.807, 2.05) is 19.1 Å². The lowest BCUT2D eigenvalue weighted by molar-refractivity contribution is 0.0531. The number of carbonyl (C=O) groups is 1. The number of aryl methyl sites for hydroxylation is 1. The maximum absolute atomic E-state index is 12.3. The third-order valence-electron chi connectivity index (χ3n) is 6.59. The van der Waals surface area contributed by atoms with E-state index < -0.39 is 9.84 Å². The summed E-state index contributed by atoms with van der Waals surface area (Å²) in [6.45, 7) is 8.14. The Kier molecular flexibility index (Phi) is 7.64. The fourth-order valence-electron chi connectivity index (χ4n) is 4.72. The number of esters is 1. The molecule has 0 radical (unpaired) electrons. The Morgan fingerprint density at radius 1 is 1.08 bits per heavy atom. The van der Waals surface area contributed by atoms with Crippen molar-refractivity contribution in [3.8, 4) is 0 Å². The van der Waals surface area contributed by atoms with E-state index in [9.17, 15) is 13.2 Å². The Bertz CT molecular complexity index is 1430. The molecule has 0 atom stereocenters. The third kappa shape index (κ3) is 5.67. The summed E-state index contributed by atoms with van der Waals surface area (Å²) in [5.74, 6) is 2.11. The zero-order chi connectivity index (χ0) is 26.9. The van der Waals surface area contributed by atoms with Crippen LogP contribution in [0.1, 0.15) is 44.2 Å². The van der Waals surface area contributed by atoms with Crippen LogP contribution in [0.15, 0.2) is 29.2 Å². The van der Waals surface area contributed by atoms with Crippen LogP contribution < -0.4 is 9.80 Å². The number of fused-ring (bicyclic) bond motifs is 1. The molecule has 3 aromatic rings. The first kappa shape index (κ1) is 26.5. The van der Waals surface area contributed by atoms with Gasteiger partial charge in [-0.25, -0.2) is 28.2 Å². The van der Waals surface area contributed by atoms with Gasteiger partial charge in [0.1, 0.15) is 27.3 Å². The van der Waals surface area contributed by atoms with Crippen molar-refractivity contribution >= 4 is 38.8 Å². The molecule has 2 aliphatic rings. The first-order valence-electron chi connectivity index (χ1n) is 12.6. The van der Waals surface area contributed by atoms with E-state index in [4.69, 9.17) is 19.4 Å². The smallest absolute Gasteiger partial charge is 0.350 e. The number of hydrogen-bond acceptors (Lipinski definition) is 11. The fraction of sp³-hybridized carbons (Fsp3) is 0.462. The summed E-state index contributed by atoms with van der Waals surface area (Å²) in [5, 5.41) is 0.763. The van der Waals surface area contributed by atoms with Gasteiger partial charge >= 0.3 is 5.97 Å². The zero-order valence-corrected chi connectivity index (χ0v) is 23.4. The van der Waals surface area contributed by atoms with Crippen LogP contribution in [0.2, 0.25) is 0 Å². The lowest BCUT2D eigenvalue weighted by Gasteiger charge is -2.30. The second-order valence-electron chi connectivity index (χ2n) is 9.37. The number of ether oxygens (including phenoxy) is 2. The zero-order valence-electron chi connectivity index (χ0n) is 21.8. The Morgan fingerprint density at radius 2 is 1.79 bits per heavy atom. The molecule has 2 aromatic heterocycles. The highest BCUT2D eigenvalue weighted by molar-refractivity contribution is 7.90. The Labute approximate surface area is 226 Å². The molecule has 202 valence electrons.